The summed E-state index contributed by atoms with van der Waals surface area (Å²) in [4.78, 5) is 15.1. The lowest BCUT2D eigenvalue weighted by Gasteiger charge is -2.07. The van der Waals surface area contributed by atoms with Gasteiger partial charge in [0.25, 0.3) is 0 Å². The summed E-state index contributed by atoms with van der Waals surface area (Å²) in [5.41, 5.74) is 7.09. The Kier molecular flexibility index (Phi) is 4.04. The van der Waals surface area contributed by atoms with Crippen LogP contribution in [0.4, 0.5) is 4.39 Å². The van der Waals surface area contributed by atoms with Gasteiger partial charge in [0, 0.05) is 19.0 Å². The molecule has 1 aromatic heterocycles. The van der Waals surface area contributed by atoms with Gasteiger partial charge in [-0.3, -0.25) is 4.79 Å². The minimum absolute atomic E-state index is 0.242. The number of amides is 1. The van der Waals surface area contributed by atoms with E-state index in [1.54, 1.807) is 13.0 Å². The van der Waals surface area contributed by atoms with Crippen LogP contribution in [0.25, 0.3) is 11.0 Å². The fraction of sp³-hybridized carbons (Fsp3) is 0.385. The third-order valence-corrected chi connectivity index (χ3v) is 3.27. The first-order valence-electron chi connectivity index (χ1n) is 6.02. The summed E-state index contributed by atoms with van der Waals surface area (Å²) in [5.74, 6) is 0.298. The first-order valence-corrected chi connectivity index (χ1v) is 6.56. The zero-order valence-electron chi connectivity index (χ0n) is 10.6. The summed E-state index contributed by atoms with van der Waals surface area (Å²) in [6.45, 7) is 2.29. The van der Waals surface area contributed by atoms with Crippen LogP contribution in [-0.4, -0.2) is 15.5 Å². The molecule has 0 aliphatic rings. The van der Waals surface area contributed by atoms with Crippen molar-refractivity contribution in [3.8, 4) is 0 Å². The number of hydrogen-bond acceptors (Lipinski definition) is 2. The Labute approximate surface area is 115 Å². The second-order valence-electron chi connectivity index (χ2n) is 4.47. The molecule has 0 aliphatic carbocycles. The summed E-state index contributed by atoms with van der Waals surface area (Å²) < 4.78 is 15.4. The van der Waals surface area contributed by atoms with Crippen LogP contribution in [0.5, 0.6) is 0 Å². The van der Waals surface area contributed by atoms with E-state index in [0.717, 1.165) is 5.52 Å². The predicted molar refractivity (Wildman–Crippen MR) is 72.4 cm³/mol. The maximum Gasteiger partial charge on any atom is 0.217 e. The minimum Gasteiger partial charge on any atom is -0.370 e. The molecular weight excluding hydrogens is 269 g/mol. The molecule has 102 valence electrons. The van der Waals surface area contributed by atoms with Crippen LogP contribution in [0.1, 0.15) is 24.2 Å². The lowest BCUT2D eigenvalue weighted by molar-refractivity contribution is -0.118. The van der Waals surface area contributed by atoms with Crippen molar-refractivity contribution in [2.24, 2.45) is 5.73 Å². The number of carbonyl (C=O) groups excluding carboxylic acids is 1. The second-order valence-corrected chi connectivity index (χ2v) is 4.74. The van der Waals surface area contributed by atoms with Crippen molar-refractivity contribution < 1.29 is 9.18 Å². The van der Waals surface area contributed by atoms with Crippen LogP contribution in [-0.2, 0) is 17.2 Å². The molecule has 2 rings (SSSR count). The lowest BCUT2D eigenvalue weighted by Crippen LogP contribution is -2.12. The van der Waals surface area contributed by atoms with Crippen LogP contribution in [0.15, 0.2) is 12.1 Å². The Bertz CT molecular complexity index is 624. The third-order valence-electron chi connectivity index (χ3n) is 3.03. The van der Waals surface area contributed by atoms with E-state index < -0.39 is 0 Å². The molecule has 0 spiro atoms. The maximum atomic E-state index is 13.5. The number of aryl methyl sites for hydroxylation is 2. The number of halogens is 2. The molecule has 0 saturated carbocycles. The van der Waals surface area contributed by atoms with Gasteiger partial charge in [-0.05, 0) is 25.0 Å². The SMILES string of the molecule is Cc1cc2c(cc1F)nc(CCl)n2CCCC(N)=O. The van der Waals surface area contributed by atoms with Gasteiger partial charge in [-0.2, -0.15) is 0 Å². The molecule has 1 amide bonds. The van der Waals surface area contributed by atoms with E-state index in [4.69, 9.17) is 17.3 Å². The smallest absolute Gasteiger partial charge is 0.217 e. The van der Waals surface area contributed by atoms with Crippen LogP contribution in [0.2, 0.25) is 0 Å². The summed E-state index contributed by atoms with van der Waals surface area (Å²) in [7, 11) is 0. The summed E-state index contributed by atoms with van der Waals surface area (Å²) in [5, 5.41) is 0. The number of nitrogens with zero attached hydrogens (tertiary/aromatic N) is 2. The Hall–Kier alpha value is -1.62. The average molecular weight is 284 g/mol. The number of benzene rings is 1. The molecule has 19 heavy (non-hydrogen) atoms. The quantitative estimate of drug-likeness (QED) is 0.857. The average Bonchev–Trinajstić information content (AvgIpc) is 2.67. The van der Waals surface area contributed by atoms with Crippen LogP contribution in [0.3, 0.4) is 0 Å². The monoisotopic (exact) mass is 283 g/mol. The largest absolute Gasteiger partial charge is 0.370 e. The molecule has 4 nitrogen and oxygen atoms in total. The molecule has 1 aromatic carbocycles. The molecule has 0 radical (unpaired) electrons. The number of carbonyl (C=O) groups is 1. The summed E-state index contributed by atoms with van der Waals surface area (Å²) in [6.07, 6.45) is 0.919. The molecule has 6 heteroatoms. The fourth-order valence-corrected chi connectivity index (χ4v) is 2.27. The lowest BCUT2D eigenvalue weighted by atomic mass is 10.2. The number of rotatable bonds is 5. The number of imidazole rings is 1. The van der Waals surface area contributed by atoms with Crippen molar-refractivity contribution in [1.82, 2.24) is 9.55 Å². The summed E-state index contributed by atoms with van der Waals surface area (Å²) in [6, 6.07) is 3.16. The van der Waals surface area contributed by atoms with E-state index in [0.29, 0.717) is 36.3 Å². The highest BCUT2D eigenvalue weighted by atomic mass is 35.5. The van der Waals surface area contributed by atoms with Crippen molar-refractivity contribution in [2.45, 2.75) is 32.2 Å². The van der Waals surface area contributed by atoms with E-state index in [-0.39, 0.29) is 17.6 Å². The van der Waals surface area contributed by atoms with E-state index in [1.165, 1.54) is 6.07 Å². The highest BCUT2D eigenvalue weighted by molar-refractivity contribution is 6.16. The van der Waals surface area contributed by atoms with Crippen molar-refractivity contribution in [2.75, 3.05) is 0 Å². The first kappa shape index (κ1) is 13.8. The van der Waals surface area contributed by atoms with Crippen molar-refractivity contribution >= 4 is 28.5 Å². The van der Waals surface area contributed by atoms with E-state index in [9.17, 15) is 9.18 Å². The zero-order valence-corrected chi connectivity index (χ0v) is 11.4. The normalized spacial score (nSPS) is 11.1. The number of fused-ring (bicyclic) bond motifs is 1. The van der Waals surface area contributed by atoms with Crippen molar-refractivity contribution in [3.63, 3.8) is 0 Å². The molecule has 1 heterocycles. The Balaban J connectivity index is 2.39. The van der Waals surface area contributed by atoms with Gasteiger partial charge in [-0.1, -0.05) is 0 Å². The van der Waals surface area contributed by atoms with Crippen molar-refractivity contribution in [1.29, 1.82) is 0 Å². The van der Waals surface area contributed by atoms with Gasteiger partial charge in [0.1, 0.15) is 11.6 Å². The minimum atomic E-state index is -0.334. The number of alkyl halides is 1. The Morgan fingerprint density at radius 3 is 2.89 bits per heavy atom. The molecular formula is C13H15ClFN3O. The standard InChI is InChI=1S/C13H15ClFN3O/c1-8-5-11-10(6-9(8)15)17-13(7-14)18(11)4-2-3-12(16)19/h5-6H,2-4,7H2,1H3,(H2,16,19). The molecule has 0 fully saturated rings. The van der Waals surface area contributed by atoms with Gasteiger partial charge in [-0.25, -0.2) is 9.37 Å². The highest BCUT2D eigenvalue weighted by Gasteiger charge is 2.12. The second kappa shape index (κ2) is 5.57. The maximum absolute atomic E-state index is 13.5. The van der Waals surface area contributed by atoms with Crippen LogP contribution >= 0.6 is 11.6 Å². The van der Waals surface area contributed by atoms with E-state index >= 15 is 0 Å². The molecule has 0 atom stereocenters. The first-order chi connectivity index (χ1) is 9.02. The van der Waals surface area contributed by atoms with Gasteiger partial charge in [0.15, 0.2) is 0 Å². The van der Waals surface area contributed by atoms with Gasteiger partial charge in [0.2, 0.25) is 5.91 Å². The number of primary amides is 1. The van der Waals surface area contributed by atoms with E-state index in [2.05, 4.69) is 4.98 Å². The topological polar surface area (TPSA) is 60.9 Å². The van der Waals surface area contributed by atoms with E-state index in [1.807, 2.05) is 4.57 Å². The van der Waals surface area contributed by atoms with Gasteiger partial charge in [-0.15, -0.1) is 11.6 Å². The fourth-order valence-electron chi connectivity index (χ4n) is 2.06. The summed E-state index contributed by atoms with van der Waals surface area (Å²) >= 11 is 5.86. The molecule has 0 aliphatic heterocycles. The molecule has 0 bridgehead atoms. The van der Waals surface area contributed by atoms with Crippen LogP contribution < -0.4 is 5.73 Å². The Morgan fingerprint density at radius 2 is 2.26 bits per heavy atom. The van der Waals surface area contributed by atoms with Crippen LogP contribution in [0, 0.1) is 12.7 Å². The van der Waals surface area contributed by atoms with Gasteiger partial charge < -0.3 is 10.3 Å². The Morgan fingerprint density at radius 1 is 1.53 bits per heavy atom. The van der Waals surface area contributed by atoms with Gasteiger partial charge in [0.05, 0.1) is 16.9 Å². The molecule has 0 unspecified atom stereocenters. The number of hydrogen-bond donors (Lipinski definition) is 1. The number of nitrogens with two attached hydrogens (primary N) is 1. The highest BCUT2D eigenvalue weighted by Crippen LogP contribution is 2.22. The molecule has 2 aromatic rings. The predicted octanol–water partition coefficient (Wildman–Crippen LogP) is 2.49. The molecule has 0 saturated heterocycles. The van der Waals surface area contributed by atoms with Gasteiger partial charge >= 0.3 is 0 Å². The van der Waals surface area contributed by atoms with Crippen molar-refractivity contribution in [3.05, 3.63) is 29.3 Å². The molecule has 2 N–H and O–H groups in total. The number of aromatic nitrogens is 2. The zero-order chi connectivity index (χ0) is 14.0. The third kappa shape index (κ3) is 2.87.